The molecule has 1 atom stereocenters. The van der Waals surface area contributed by atoms with Crippen molar-refractivity contribution in [3.63, 3.8) is 0 Å². The van der Waals surface area contributed by atoms with Crippen LogP contribution in [0.3, 0.4) is 0 Å². The Morgan fingerprint density at radius 3 is 2.67 bits per heavy atom. The Hall–Kier alpha value is -1.75. The minimum Gasteiger partial charge on any atom is -0.305 e. The first-order valence-electron chi connectivity index (χ1n) is 6.08. The molecule has 0 radical (unpaired) electrons. The van der Waals surface area contributed by atoms with Crippen LogP contribution < -0.4 is 5.32 Å². The van der Waals surface area contributed by atoms with Gasteiger partial charge in [-0.1, -0.05) is 0 Å². The van der Waals surface area contributed by atoms with Gasteiger partial charge in [0.25, 0.3) is 0 Å². The maximum absolute atomic E-state index is 4.41. The topological polar surface area (TPSA) is 55.6 Å². The Morgan fingerprint density at radius 1 is 1.33 bits per heavy atom. The van der Waals surface area contributed by atoms with Crippen molar-refractivity contribution in [2.24, 2.45) is 7.05 Å². The number of hydrogen-bond donors (Lipinski definition) is 1. The van der Waals surface area contributed by atoms with E-state index in [4.69, 9.17) is 0 Å². The van der Waals surface area contributed by atoms with E-state index >= 15 is 0 Å². The summed E-state index contributed by atoms with van der Waals surface area (Å²) < 4.78 is 1.92. The van der Waals surface area contributed by atoms with Gasteiger partial charge in [0, 0.05) is 49.5 Å². The van der Waals surface area contributed by atoms with Crippen LogP contribution in [-0.2, 0) is 13.6 Å². The van der Waals surface area contributed by atoms with Crippen molar-refractivity contribution in [3.05, 3.63) is 41.2 Å². The van der Waals surface area contributed by atoms with E-state index < -0.39 is 0 Å². The second-order valence-corrected chi connectivity index (χ2v) is 4.51. The molecule has 96 valence electrons. The van der Waals surface area contributed by atoms with Gasteiger partial charge in [-0.15, -0.1) is 0 Å². The van der Waals surface area contributed by atoms with E-state index in [0.29, 0.717) is 0 Å². The lowest BCUT2D eigenvalue weighted by Gasteiger charge is -2.12. The molecule has 0 amide bonds. The van der Waals surface area contributed by atoms with Gasteiger partial charge in [0.15, 0.2) is 0 Å². The molecule has 0 fully saturated rings. The SMILES string of the molecule is Cc1nn(C)c(C)c1CNC(C)c1cnccn1. The van der Waals surface area contributed by atoms with Crippen molar-refractivity contribution in [1.82, 2.24) is 25.1 Å². The Bertz CT molecular complexity index is 518. The zero-order chi connectivity index (χ0) is 13.1. The third-order valence-electron chi connectivity index (χ3n) is 3.27. The van der Waals surface area contributed by atoms with E-state index in [2.05, 4.69) is 34.2 Å². The van der Waals surface area contributed by atoms with Gasteiger partial charge in [-0.3, -0.25) is 14.6 Å². The number of rotatable bonds is 4. The molecule has 0 aliphatic heterocycles. The molecule has 2 aromatic heterocycles. The first-order chi connectivity index (χ1) is 8.59. The second kappa shape index (κ2) is 5.27. The molecule has 0 spiro atoms. The van der Waals surface area contributed by atoms with E-state index in [1.807, 2.05) is 18.7 Å². The lowest BCUT2D eigenvalue weighted by atomic mass is 10.1. The van der Waals surface area contributed by atoms with Crippen LogP contribution in [0, 0.1) is 13.8 Å². The van der Waals surface area contributed by atoms with Crippen LogP contribution in [0.5, 0.6) is 0 Å². The third-order valence-corrected chi connectivity index (χ3v) is 3.27. The number of aromatic nitrogens is 4. The maximum atomic E-state index is 4.41. The quantitative estimate of drug-likeness (QED) is 0.890. The first kappa shape index (κ1) is 12.7. The number of nitrogens with one attached hydrogen (secondary N) is 1. The van der Waals surface area contributed by atoms with E-state index in [0.717, 1.165) is 17.9 Å². The van der Waals surface area contributed by atoms with Gasteiger partial charge >= 0.3 is 0 Å². The summed E-state index contributed by atoms with van der Waals surface area (Å²) in [5.41, 5.74) is 4.49. The molecule has 0 aliphatic carbocycles. The molecule has 2 heterocycles. The van der Waals surface area contributed by atoms with Crippen molar-refractivity contribution >= 4 is 0 Å². The predicted molar refractivity (Wildman–Crippen MR) is 70.0 cm³/mol. The van der Waals surface area contributed by atoms with Gasteiger partial charge in [0.2, 0.25) is 0 Å². The van der Waals surface area contributed by atoms with Crippen LogP contribution in [0.2, 0.25) is 0 Å². The van der Waals surface area contributed by atoms with Crippen LogP contribution in [0.1, 0.15) is 35.6 Å². The van der Waals surface area contributed by atoms with Gasteiger partial charge in [-0.2, -0.15) is 5.10 Å². The van der Waals surface area contributed by atoms with Crippen LogP contribution in [0.15, 0.2) is 18.6 Å². The normalized spacial score (nSPS) is 12.7. The summed E-state index contributed by atoms with van der Waals surface area (Å²) in [6, 6.07) is 0.178. The van der Waals surface area contributed by atoms with E-state index in [1.165, 1.54) is 11.3 Å². The molecule has 2 aromatic rings. The molecule has 18 heavy (non-hydrogen) atoms. The average molecular weight is 245 g/mol. The molecular weight excluding hydrogens is 226 g/mol. The van der Waals surface area contributed by atoms with Crippen LogP contribution in [-0.4, -0.2) is 19.7 Å². The molecule has 5 nitrogen and oxygen atoms in total. The second-order valence-electron chi connectivity index (χ2n) is 4.51. The number of nitrogens with zero attached hydrogens (tertiary/aromatic N) is 4. The van der Waals surface area contributed by atoms with Gasteiger partial charge in [0.05, 0.1) is 11.4 Å². The molecule has 0 aliphatic rings. The molecule has 0 saturated carbocycles. The highest BCUT2D eigenvalue weighted by molar-refractivity contribution is 5.24. The monoisotopic (exact) mass is 245 g/mol. The molecule has 1 N–H and O–H groups in total. The smallest absolute Gasteiger partial charge is 0.0753 e. The summed E-state index contributed by atoms with van der Waals surface area (Å²) in [6.07, 6.45) is 5.19. The van der Waals surface area contributed by atoms with Crippen molar-refractivity contribution in [1.29, 1.82) is 0 Å². The van der Waals surface area contributed by atoms with Gasteiger partial charge in [0.1, 0.15) is 0 Å². The lowest BCUT2D eigenvalue weighted by Crippen LogP contribution is -2.20. The number of aryl methyl sites for hydroxylation is 2. The van der Waals surface area contributed by atoms with Gasteiger partial charge < -0.3 is 5.32 Å². The molecular formula is C13H19N5. The van der Waals surface area contributed by atoms with Crippen molar-refractivity contribution < 1.29 is 0 Å². The summed E-state index contributed by atoms with van der Waals surface area (Å²) in [5.74, 6) is 0. The van der Waals surface area contributed by atoms with E-state index in [-0.39, 0.29) is 6.04 Å². The van der Waals surface area contributed by atoms with Gasteiger partial charge in [-0.05, 0) is 20.8 Å². The van der Waals surface area contributed by atoms with Crippen molar-refractivity contribution in [3.8, 4) is 0 Å². The largest absolute Gasteiger partial charge is 0.305 e. The molecule has 0 bridgehead atoms. The van der Waals surface area contributed by atoms with Crippen molar-refractivity contribution in [2.45, 2.75) is 33.4 Å². The average Bonchev–Trinajstić information content (AvgIpc) is 2.62. The predicted octanol–water partition coefficient (Wildman–Crippen LogP) is 1.68. The Kier molecular flexibility index (Phi) is 3.72. The standard InChI is InChI=1S/C13H19N5/c1-9-12(11(3)18(4)17-9)7-16-10(2)13-8-14-5-6-15-13/h5-6,8,10,16H,7H2,1-4H3. The fourth-order valence-corrected chi connectivity index (χ4v) is 1.97. The van der Waals surface area contributed by atoms with E-state index in [9.17, 15) is 0 Å². The molecule has 2 rings (SSSR count). The fraction of sp³-hybridized carbons (Fsp3) is 0.462. The maximum Gasteiger partial charge on any atom is 0.0753 e. The van der Waals surface area contributed by atoms with Gasteiger partial charge in [-0.25, -0.2) is 0 Å². The zero-order valence-electron chi connectivity index (χ0n) is 11.3. The Labute approximate surface area is 107 Å². The lowest BCUT2D eigenvalue weighted by molar-refractivity contribution is 0.556. The summed E-state index contributed by atoms with van der Waals surface area (Å²) in [5, 5.41) is 7.86. The minimum absolute atomic E-state index is 0.178. The minimum atomic E-state index is 0.178. The summed E-state index contributed by atoms with van der Waals surface area (Å²) in [6.45, 7) is 7.01. The molecule has 1 unspecified atom stereocenters. The van der Waals surface area contributed by atoms with Crippen LogP contribution in [0.4, 0.5) is 0 Å². The van der Waals surface area contributed by atoms with E-state index in [1.54, 1.807) is 18.6 Å². The van der Waals surface area contributed by atoms with Crippen molar-refractivity contribution in [2.75, 3.05) is 0 Å². The Balaban J connectivity index is 2.04. The third kappa shape index (κ3) is 2.56. The zero-order valence-corrected chi connectivity index (χ0v) is 11.3. The fourth-order valence-electron chi connectivity index (χ4n) is 1.97. The first-order valence-corrected chi connectivity index (χ1v) is 6.08. The summed E-state index contributed by atoms with van der Waals surface area (Å²) in [4.78, 5) is 8.38. The molecule has 0 saturated heterocycles. The Morgan fingerprint density at radius 2 is 2.11 bits per heavy atom. The highest BCUT2D eigenvalue weighted by atomic mass is 15.3. The van der Waals surface area contributed by atoms with Crippen LogP contribution >= 0.6 is 0 Å². The summed E-state index contributed by atoms with van der Waals surface area (Å²) >= 11 is 0. The molecule has 0 aromatic carbocycles. The number of hydrogen-bond acceptors (Lipinski definition) is 4. The summed E-state index contributed by atoms with van der Waals surface area (Å²) in [7, 11) is 1.97. The highest BCUT2D eigenvalue weighted by Crippen LogP contribution is 2.14. The van der Waals surface area contributed by atoms with Crippen LogP contribution in [0.25, 0.3) is 0 Å². The highest BCUT2D eigenvalue weighted by Gasteiger charge is 2.11. The molecule has 5 heteroatoms.